The van der Waals surface area contributed by atoms with Crippen LogP contribution in [0.3, 0.4) is 0 Å². The highest BCUT2D eigenvalue weighted by Crippen LogP contribution is 2.44. The first-order chi connectivity index (χ1) is 10.2. The molecule has 2 bridgehead atoms. The Bertz CT molecular complexity index is 552. The predicted octanol–water partition coefficient (Wildman–Crippen LogP) is 3.34. The number of hydrogen-bond donors (Lipinski definition) is 1. The highest BCUT2D eigenvalue weighted by molar-refractivity contribution is 5.94. The zero-order valence-corrected chi connectivity index (χ0v) is 12.6. The van der Waals surface area contributed by atoms with Gasteiger partial charge in [-0.25, -0.2) is 0 Å². The smallest absolute Gasteiger partial charge is 0.251 e. The predicted molar refractivity (Wildman–Crippen MR) is 83.6 cm³/mol. The SMILES string of the molecule is C=CCc1cc(C(=O)N[C@H]2C[C@@H]3CC[C@@H]2C3)ccc1OC. The van der Waals surface area contributed by atoms with Gasteiger partial charge in [-0.1, -0.05) is 12.5 Å². The van der Waals surface area contributed by atoms with Crippen LogP contribution in [-0.4, -0.2) is 19.1 Å². The van der Waals surface area contributed by atoms with Gasteiger partial charge in [-0.15, -0.1) is 6.58 Å². The van der Waals surface area contributed by atoms with Crippen molar-refractivity contribution < 1.29 is 9.53 Å². The molecule has 0 aromatic heterocycles. The number of carbonyl (C=O) groups is 1. The molecule has 2 saturated carbocycles. The molecule has 3 rings (SSSR count). The maximum Gasteiger partial charge on any atom is 0.251 e. The van der Waals surface area contributed by atoms with Crippen molar-refractivity contribution in [1.29, 1.82) is 0 Å². The van der Waals surface area contributed by atoms with Gasteiger partial charge in [0.1, 0.15) is 5.75 Å². The lowest BCUT2D eigenvalue weighted by Crippen LogP contribution is -2.38. The van der Waals surface area contributed by atoms with Crippen LogP contribution in [0.5, 0.6) is 5.75 Å². The van der Waals surface area contributed by atoms with Gasteiger partial charge in [0.05, 0.1) is 7.11 Å². The molecule has 0 heterocycles. The number of rotatable bonds is 5. The number of benzene rings is 1. The highest BCUT2D eigenvalue weighted by Gasteiger charge is 2.40. The lowest BCUT2D eigenvalue weighted by Gasteiger charge is -2.23. The molecule has 21 heavy (non-hydrogen) atoms. The minimum absolute atomic E-state index is 0.0421. The summed E-state index contributed by atoms with van der Waals surface area (Å²) in [6, 6.07) is 6.01. The van der Waals surface area contributed by atoms with Crippen molar-refractivity contribution in [2.24, 2.45) is 11.8 Å². The zero-order chi connectivity index (χ0) is 14.8. The van der Waals surface area contributed by atoms with E-state index in [4.69, 9.17) is 4.74 Å². The average Bonchev–Trinajstić information content (AvgIpc) is 3.10. The molecule has 0 unspecified atom stereocenters. The molecule has 0 radical (unpaired) electrons. The summed E-state index contributed by atoms with van der Waals surface area (Å²) in [5, 5.41) is 3.23. The second kappa shape index (κ2) is 5.92. The second-order valence-corrected chi connectivity index (χ2v) is 6.27. The molecule has 1 aromatic rings. The molecule has 3 nitrogen and oxygen atoms in total. The molecule has 1 aromatic carbocycles. The number of amides is 1. The van der Waals surface area contributed by atoms with E-state index in [0.29, 0.717) is 18.4 Å². The maximum atomic E-state index is 12.5. The van der Waals surface area contributed by atoms with E-state index in [1.54, 1.807) is 7.11 Å². The standard InChI is InChI=1S/C18H23NO2/c1-3-4-14-11-15(7-8-17(14)21-2)18(20)19-16-10-12-5-6-13(16)9-12/h3,7-8,11-13,16H,1,4-6,9-10H2,2H3,(H,19,20)/t12-,13-,16+/m1/s1. The van der Waals surface area contributed by atoms with Crippen LogP contribution in [0.15, 0.2) is 30.9 Å². The van der Waals surface area contributed by atoms with Gasteiger partial charge in [0.2, 0.25) is 0 Å². The fraction of sp³-hybridized carbons (Fsp3) is 0.500. The Labute approximate surface area is 126 Å². The Kier molecular flexibility index (Phi) is 4.00. The highest BCUT2D eigenvalue weighted by atomic mass is 16.5. The van der Waals surface area contributed by atoms with Crippen molar-refractivity contribution in [3.8, 4) is 5.75 Å². The second-order valence-electron chi connectivity index (χ2n) is 6.27. The molecule has 1 N–H and O–H groups in total. The van der Waals surface area contributed by atoms with E-state index in [1.165, 1.54) is 19.3 Å². The molecule has 2 aliphatic rings. The van der Waals surface area contributed by atoms with Crippen LogP contribution >= 0.6 is 0 Å². The Morgan fingerprint density at radius 1 is 1.43 bits per heavy atom. The molecule has 0 saturated heterocycles. The first-order valence-corrected chi connectivity index (χ1v) is 7.80. The van der Waals surface area contributed by atoms with Gasteiger partial charge in [-0.05, 0) is 61.3 Å². The van der Waals surface area contributed by atoms with Crippen LogP contribution < -0.4 is 10.1 Å². The monoisotopic (exact) mass is 285 g/mol. The van der Waals surface area contributed by atoms with Crippen molar-refractivity contribution in [3.05, 3.63) is 42.0 Å². The molecule has 112 valence electrons. The number of carbonyl (C=O) groups excluding carboxylic acids is 1. The fourth-order valence-corrected chi connectivity index (χ4v) is 3.91. The molecule has 1 amide bonds. The third-order valence-corrected chi connectivity index (χ3v) is 4.96. The Morgan fingerprint density at radius 3 is 2.90 bits per heavy atom. The van der Waals surface area contributed by atoms with Gasteiger partial charge in [0.15, 0.2) is 0 Å². The van der Waals surface area contributed by atoms with Crippen molar-refractivity contribution in [1.82, 2.24) is 5.32 Å². The van der Waals surface area contributed by atoms with Crippen LogP contribution in [0.1, 0.15) is 41.6 Å². The third kappa shape index (κ3) is 2.82. The van der Waals surface area contributed by atoms with Crippen molar-refractivity contribution in [3.63, 3.8) is 0 Å². The molecule has 2 fully saturated rings. The van der Waals surface area contributed by atoms with E-state index in [1.807, 2.05) is 24.3 Å². The first kappa shape index (κ1) is 14.2. The number of nitrogens with one attached hydrogen (secondary N) is 1. The molecular weight excluding hydrogens is 262 g/mol. The summed E-state index contributed by atoms with van der Waals surface area (Å²) >= 11 is 0. The summed E-state index contributed by atoms with van der Waals surface area (Å²) in [6.07, 6.45) is 7.62. The van der Waals surface area contributed by atoms with Crippen LogP contribution in [-0.2, 0) is 6.42 Å². The van der Waals surface area contributed by atoms with Gasteiger partial charge < -0.3 is 10.1 Å². The Balaban J connectivity index is 1.72. The lowest BCUT2D eigenvalue weighted by molar-refractivity contribution is 0.0923. The summed E-state index contributed by atoms with van der Waals surface area (Å²) in [4.78, 5) is 12.5. The zero-order valence-electron chi connectivity index (χ0n) is 12.6. The number of methoxy groups -OCH3 is 1. The van der Waals surface area contributed by atoms with Gasteiger partial charge in [0.25, 0.3) is 5.91 Å². The number of allylic oxidation sites excluding steroid dienone is 1. The first-order valence-electron chi connectivity index (χ1n) is 7.80. The maximum absolute atomic E-state index is 12.5. The molecule has 0 aliphatic heterocycles. The van der Waals surface area contributed by atoms with E-state index in [-0.39, 0.29) is 5.91 Å². The number of fused-ring (bicyclic) bond motifs is 2. The Morgan fingerprint density at radius 2 is 2.29 bits per heavy atom. The number of hydrogen-bond acceptors (Lipinski definition) is 2. The Hall–Kier alpha value is -1.77. The fourth-order valence-electron chi connectivity index (χ4n) is 3.91. The minimum atomic E-state index is 0.0421. The molecular formula is C18H23NO2. The summed E-state index contributed by atoms with van der Waals surface area (Å²) in [5.74, 6) is 2.39. The number of ether oxygens (including phenoxy) is 1. The van der Waals surface area contributed by atoms with Crippen LogP contribution in [0.4, 0.5) is 0 Å². The quantitative estimate of drug-likeness (QED) is 0.843. The van der Waals surface area contributed by atoms with E-state index in [2.05, 4.69) is 11.9 Å². The third-order valence-electron chi connectivity index (χ3n) is 4.96. The topological polar surface area (TPSA) is 38.3 Å². The van der Waals surface area contributed by atoms with Gasteiger partial charge >= 0.3 is 0 Å². The van der Waals surface area contributed by atoms with Crippen LogP contribution in [0, 0.1) is 11.8 Å². The molecule has 3 atom stereocenters. The van der Waals surface area contributed by atoms with Gasteiger partial charge in [-0.2, -0.15) is 0 Å². The molecule has 2 aliphatic carbocycles. The van der Waals surface area contributed by atoms with Crippen molar-refractivity contribution in [2.75, 3.05) is 7.11 Å². The minimum Gasteiger partial charge on any atom is -0.496 e. The van der Waals surface area contributed by atoms with E-state index < -0.39 is 0 Å². The van der Waals surface area contributed by atoms with Crippen LogP contribution in [0.25, 0.3) is 0 Å². The van der Waals surface area contributed by atoms with Crippen LogP contribution in [0.2, 0.25) is 0 Å². The van der Waals surface area contributed by atoms with Gasteiger partial charge in [-0.3, -0.25) is 4.79 Å². The average molecular weight is 285 g/mol. The van der Waals surface area contributed by atoms with Gasteiger partial charge in [0, 0.05) is 11.6 Å². The largest absolute Gasteiger partial charge is 0.496 e. The normalized spacial score (nSPS) is 26.6. The summed E-state index contributed by atoms with van der Waals surface area (Å²) in [6.45, 7) is 3.76. The molecule has 3 heteroatoms. The summed E-state index contributed by atoms with van der Waals surface area (Å²) in [7, 11) is 1.65. The van der Waals surface area contributed by atoms with E-state index in [9.17, 15) is 4.79 Å². The molecule has 0 spiro atoms. The summed E-state index contributed by atoms with van der Waals surface area (Å²) in [5.41, 5.74) is 1.73. The van der Waals surface area contributed by atoms with Crippen molar-refractivity contribution >= 4 is 5.91 Å². The van der Waals surface area contributed by atoms with E-state index >= 15 is 0 Å². The lowest BCUT2D eigenvalue weighted by atomic mass is 9.95. The van der Waals surface area contributed by atoms with E-state index in [0.717, 1.165) is 29.2 Å². The van der Waals surface area contributed by atoms with Crippen molar-refractivity contribution in [2.45, 2.75) is 38.1 Å². The summed E-state index contributed by atoms with van der Waals surface area (Å²) < 4.78 is 5.33.